The van der Waals surface area contributed by atoms with Gasteiger partial charge in [-0.3, -0.25) is 15.0 Å². The first-order valence-corrected chi connectivity index (χ1v) is 9.25. The topological polar surface area (TPSA) is 58.6 Å². The molecule has 132 valence electrons. The molecule has 1 aliphatic rings. The first-order chi connectivity index (χ1) is 12.5. The molecule has 1 N–H and O–H groups in total. The number of nitrogens with one attached hydrogen (secondary N) is 1. The van der Waals surface area contributed by atoms with Crippen molar-refractivity contribution in [2.45, 2.75) is 0 Å². The van der Waals surface area contributed by atoms with Gasteiger partial charge in [-0.2, -0.15) is 0 Å². The number of amides is 2. The minimum atomic E-state index is -0.446. The lowest BCUT2D eigenvalue weighted by Crippen LogP contribution is -2.35. The molecule has 1 aliphatic heterocycles. The third-order valence-corrected chi connectivity index (χ3v) is 4.76. The molecule has 0 saturated carbocycles. The van der Waals surface area contributed by atoms with Gasteiger partial charge in [-0.25, -0.2) is 5.01 Å². The number of halogens is 2. The molecule has 3 rings (SSSR count). The molecule has 0 spiro atoms. The average Bonchev–Trinajstić information content (AvgIpc) is 2.90. The van der Waals surface area contributed by atoms with Crippen molar-refractivity contribution in [3.05, 3.63) is 75.2 Å². The molecule has 5 nitrogen and oxygen atoms in total. The van der Waals surface area contributed by atoms with E-state index < -0.39 is 11.8 Å². The molecule has 26 heavy (non-hydrogen) atoms. The van der Waals surface area contributed by atoms with Crippen LogP contribution in [0.3, 0.4) is 0 Å². The van der Waals surface area contributed by atoms with E-state index in [0.29, 0.717) is 32.6 Å². The number of hydrogen-bond acceptors (Lipinski definition) is 3. The normalized spacial score (nSPS) is 15.3. The Bertz CT molecular complexity index is 887. The van der Waals surface area contributed by atoms with Crippen LogP contribution in [0.4, 0.5) is 5.69 Å². The van der Waals surface area contributed by atoms with Gasteiger partial charge in [-0.05, 0) is 67.8 Å². The maximum atomic E-state index is 12.6. The Morgan fingerprint density at radius 2 is 1.77 bits per heavy atom. The molecule has 7 heteroatoms. The minimum absolute atomic E-state index is 0.0624. The lowest BCUT2D eigenvalue weighted by molar-refractivity contribution is -0.117. The third-order valence-electron chi connectivity index (χ3n) is 3.58. The summed E-state index contributed by atoms with van der Waals surface area (Å²) < 4.78 is 6.97. The number of hydrogen-bond donors (Lipinski definition) is 1. The summed E-state index contributed by atoms with van der Waals surface area (Å²) in [6, 6.07) is 12.5. The van der Waals surface area contributed by atoms with E-state index in [9.17, 15) is 9.59 Å². The fraction of sp³-hybridized carbons (Fsp3) is 0.0526. The molecule has 0 aliphatic carbocycles. The first kappa shape index (κ1) is 18.4. The van der Waals surface area contributed by atoms with Crippen LogP contribution in [-0.2, 0) is 9.59 Å². The van der Waals surface area contributed by atoms with Crippen molar-refractivity contribution in [1.82, 2.24) is 5.43 Å². The Balaban J connectivity index is 1.91. The van der Waals surface area contributed by atoms with Crippen molar-refractivity contribution < 1.29 is 14.3 Å². The van der Waals surface area contributed by atoms with E-state index in [2.05, 4.69) is 43.9 Å². The van der Waals surface area contributed by atoms with Gasteiger partial charge in [0, 0.05) is 0 Å². The van der Waals surface area contributed by atoms with Gasteiger partial charge in [0.15, 0.2) is 0 Å². The predicted molar refractivity (Wildman–Crippen MR) is 108 cm³/mol. The molecule has 0 atom stereocenters. The summed E-state index contributed by atoms with van der Waals surface area (Å²) in [5.74, 6) is -0.223. The molecular weight excluding hydrogens is 464 g/mol. The van der Waals surface area contributed by atoms with E-state index in [0.717, 1.165) is 0 Å². The van der Waals surface area contributed by atoms with Crippen LogP contribution in [0.1, 0.15) is 5.56 Å². The van der Waals surface area contributed by atoms with Gasteiger partial charge in [0.05, 0.1) is 14.6 Å². The fourth-order valence-corrected chi connectivity index (χ4v) is 3.88. The molecule has 2 aromatic rings. The van der Waals surface area contributed by atoms with Crippen LogP contribution in [0.5, 0.6) is 5.75 Å². The molecule has 1 saturated heterocycles. The van der Waals surface area contributed by atoms with E-state index in [1.807, 2.05) is 6.07 Å². The van der Waals surface area contributed by atoms with Crippen molar-refractivity contribution in [1.29, 1.82) is 0 Å². The van der Waals surface area contributed by atoms with Crippen LogP contribution in [0.25, 0.3) is 6.08 Å². The summed E-state index contributed by atoms with van der Waals surface area (Å²) in [4.78, 5) is 24.9. The zero-order valence-corrected chi connectivity index (χ0v) is 16.7. The number of carbonyl (C=O) groups excluding carboxylic acids is 2. The Kier molecular flexibility index (Phi) is 5.58. The molecule has 0 radical (unpaired) electrons. The molecular formula is C19H14Br2N2O3. The highest BCUT2D eigenvalue weighted by Gasteiger charge is 2.34. The summed E-state index contributed by atoms with van der Waals surface area (Å²) in [5, 5.41) is 1.24. The smallest absolute Gasteiger partial charge is 0.282 e. The second-order valence-corrected chi connectivity index (χ2v) is 7.10. The van der Waals surface area contributed by atoms with E-state index in [4.69, 9.17) is 4.74 Å². The lowest BCUT2D eigenvalue weighted by Gasteiger charge is -2.13. The highest BCUT2D eigenvalue weighted by atomic mass is 79.9. The number of nitrogens with zero attached hydrogens (tertiary/aromatic N) is 1. The van der Waals surface area contributed by atoms with E-state index >= 15 is 0 Å². The van der Waals surface area contributed by atoms with Gasteiger partial charge < -0.3 is 4.74 Å². The molecule has 2 aromatic carbocycles. The molecule has 1 fully saturated rings. The van der Waals surface area contributed by atoms with Gasteiger partial charge in [0.25, 0.3) is 11.8 Å². The second kappa shape index (κ2) is 7.88. The third kappa shape index (κ3) is 3.73. The van der Waals surface area contributed by atoms with Crippen molar-refractivity contribution in [3.8, 4) is 5.75 Å². The minimum Gasteiger partial charge on any atom is -0.487 e. The number of carbonyl (C=O) groups is 2. The molecule has 0 aromatic heterocycles. The maximum absolute atomic E-state index is 12.6. The van der Waals surface area contributed by atoms with E-state index in [1.54, 1.807) is 48.6 Å². The number of anilines is 1. The van der Waals surface area contributed by atoms with Crippen molar-refractivity contribution >= 4 is 55.4 Å². The summed E-state index contributed by atoms with van der Waals surface area (Å²) in [5.41, 5.74) is 3.92. The SMILES string of the molecule is C=CCOc1c(Br)cc(/C=C2/C(=O)NN(c3ccccc3)C2=O)cc1Br. The number of para-hydroxylation sites is 1. The highest BCUT2D eigenvalue weighted by molar-refractivity contribution is 9.11. The van der Waals surface area contributed by atoms with Crippen molar-refractivity contribution in [3.63, 3.8) is 0 Å². The Morgan fingerprint density at radius 1 is 1.12 bits per heavy atom. The first-order valence-electron chi connectivity index (χ1n) is 7.66. The molecule has 0 unspecified atom stereocenters. The van der Waals surface area contributed by atoms with Gasteiger partial charge >= 0.3 is 0 Å². The van der Waals surface area contributed by atoms with Gasteiger partial charge in [-0.1, -0.05) is 30.9 Å². The molecule has 0 bridgehead atoms. The highest BCUT2D eigenvalue weighted by Crippen LogP contribution is 2.35. The van der Waals surface area contributed by atoms with E-state index in [-0.39, 0.29) is 5.57 Å². The number of rotatable bonds is 5. The van der Waals surface area contributed by atoms with E-state index in [1.165, 1.54) is 5.01 Å². The van der Waals surface area contributed by atoms with Gasteiger partial charge in [0.1, 0.15) is 17.9 Å². The van der Waals surface area contributed by atoms with Gasteiger partial charge in [0.2, 0.25) is 0 Å². The van der Waals surface area contributed by atoms with Crippen molar-refractivity contribution in [2.24, 2.45) is 0 Å². The molecule has 2 amide bonds. The Hall–Kier alpha value is -2.38. The Morgan fingerprint density at radius 3 is 2.38 bits per heavy atom. The predicted octanol–water partition coefficient (Wildman–Crippen LogP) is 4.24. The zero-order chi connectivity index (χ0) is 18.7. The monoisotopic (exact) mass is 476 g/mol. The summed E-state index contributed by atoms with van der Waals surface area (Å²) in [6.07, 6.45) is 3.20. The second-order valence-electron chi connectivity index (χ2n) is 5.39. The molecule has 1 heterocycles. The van der Waals surface area contributed by atoms with Crippen LogP contribution in [-0.4, -0.2) is 18.4 Å². The number of benzene rings is 2. The van der Waals surface area contributed by atoms with Crippen LogP contribution in [0.15, 0.2) is 69.6 Å². The number of ether oxygens (including phenoxy) is 1. The zero-order valence-electron chi connectivity index (χ0n) is 13.5. The lowest BCUT2D eigenvalue weighted by atomic mass is 10.1. The van der Waals surface area contributed by atoms with Gasteiger partial charge in [-0.15, -0.1) is 0 Å². The summed E-state index contributed by atoms with van der Waals surface area (Å²) in [6.45, 7) is 3.98. The quantitative estimate of drug-likeness (QED) is 0.398. The summed E-state index contributed by atoms with van der Waals surface area (Å²) in [7, 11) is 0. The standard InChI is InChI=1S/C19H14Br2N2O3/c1-2-8-26-17-15(20)10-12(11-16(17)21)9-14-18(24)22-23(19(14)25)13-6-4-3-5-7-13/h2-7,9-11H,1,8H2,(H,22,24)/b14-9-. The fourth-order valence-electron chi connectivity index (χ4n) is 2.43. The summed E-state index contributed by atoms with van der Waals surface area (Å²) >= 11 is 6.88. The van der Waals surface area contributed by atoms with Crippen LogP contribution >= 0.6 is 31.9 Å². The Labute approximate surface area is 167 Å². The average molecular weight is 478 g/mol. The van der Waals surface area contributed by atoms with Crippen LogP contribution in [0, 0.1) is 0 Å². The van der Waals surface area contributed by atoms with Crippen LogP contribution in [0.2, 0.25) is 0 Å². The van der Waals surface area contributed by atoms with Crippen LogP contribution < -0.4 is 15.2 Å². The largest absolute Gasteiger partial charge is 0.487 e. The number of hydrazine groups is 1. The maximum Gasteiger partial charge on any atom is 0.282 e. The van der Waals surface area contributed by atoms with Crippen molar-refractivity contribution in [2.75, 3.05) is 11.6 Å².